The van der Waals surface area contributed by atoms with Gasteiger partial charge >= 0.3 is 5.97 Å². The average molecular weight is 471 g/mol. The molecule has 1 atom stereocenters. The van der Waals surface area contributed by atoms with Gasteiger partial charge in [-0.1, -0.05) is 16.9 Å². The fourth-order valence-electron chi connectivity index (χ4n) is 3.73. The molecule has 0 saturated carbocycles. The van der Waals surface area contributed by atoms with Gasteiger partial charge in [0.1, 0.15) is 17.6 Å². The summed E-state index contributed by atoms with van der Waals surface area (Å²) in [7, 11) is 0. The molecule has 0 aliphatic carbocycles. The number of nitrogens with zero attached hydrogens (tertiary/aromatic N) is 3. The maximum Gasteiger partial charge on any atom is 0.338 e. The van der Waals surface area contributed by atoms with E-state index in [0.29, 0.717) is 22.7 Å². The van der Waals surface area contributed by atoms with E-state index in [9.17, 15) is 14.4 Å². The lowest BCUT2D eigenvalue weighted by atomic mass is 10.1. The highest BCUT2D eigenvalue weighted by atomic mass is 32.2. The molecule has 1 saturated heterocycles. The van der Waals surface area contributed by atoms with E-state index in [1.165, 1.54) is 18.2 Å². The molecule has 2 aliphatic rings. The fraction of sp³-hybridized carbons (Fsp3) is 0.435. The fourth-order valence-corrected chi connectivity index (χ4v) is 4.85. The van der Waals surface area contributed by atoms with Crippen LogP contribution in [0.1, 0.15) is 53.1 Å². The molecule has 174 valence electrons. The minimum absolute atomic E-state index is 0.0472. The van der Waals surface area contributed by atoms with Crippen molar-refractivity contribution in [1.82, 2.24) is 10.1 Å². The third-order valence-corrected chi connectivity index (χ3v) is 6.87. The van der Waals surface area contributed by atoms with Crippen molar-refractivity contribution in [3.63, 3.8) is 0 Å². The number of aliphatic imine (C=N–C) groups is 1. The summed E-state index contributed by atoms with van der Waals surface area (Å²) in [6.07, 6.45) is 3.45. The first-order valence-electron chi connectivity index (χ1n) is 10.9. The van der Waals surface area contributed by atoms with Crippen LogP contribution in [0.15, 0.2) is 33.8 Å². The zero-order chi connectivity index (χ0) is 23.4. The number of anilines is 1. The van der Waals surface area contributed by atoms with Crippen LogP contribution in [0.3, 0.4) is 0 Å². The molecule has 1 aromatic heterocycles. The first-order chi connectivity index (χ1) is 15.9. The number of hydrogen-bond donors (Lipinski definition) is 1. The average Bonchev–Trinajstić information content (AvgIpc) is 3.34. The molecule has 9 nitrogen and oxygen atoms in total. The molecular weight excluding hydrogens is 444 g/mol. The SMILES string of the molecule is Cc1noc(C)c1COC(=O)c1ccc(NC(=O)C[C@H]2SC(N3CCCCC3)=NC2=O)cc1. The van der Waals surface area contributed by atoms with Crippen LogP contribution in [0.5, 0.6) is 0 Å². The zero-order valence-corrected chi connectivity index (χ0v) is 19.4. The van der Waals surface area contributed by atoms with E-state index in [4.69, 9.17) is 9.26 Å². The Morgan fingerprint density at radius 2 is 1.91 bits per heavy atom. The summed E-state index contributed by atoms with van der Waals surface area (Å²) in [6.45, 7) is 5.44. The van der Waals surface area contributed by atoms with E-state index < -0.39 is 11.2 Å². The molecule has 0 spiro atoms. The summed E-state index contributed by atoms with van der Waals surface area (Å²) in [5, 5.41) is 6.85. The van der Waals surface area contributed by atoms with Crippen molar-refractivity contribution in [2.24, 2.45) is 4.99 Å². The second kappa shape index (κ2) is 10.2. The molecular formula is C23H26N4O5S. The number of thioether (sulfide) groups is 1. The van der Waals surface area contributed by atoms with Crippen LogP contribution in [-0.2, 0) is 20.9 Å². The molecule has 2 amide bonds. The largest absolute Gasteiger partial charge is 0.457 e. The first kappa shape index (κ1) is 23.0. The molecule has 10 heteroatoms. The molecule has 33 heavy (non-hydrogen) atoms. The monoisotopic (exact) mass is 470 g/mol. The summed E-state index contributed by atoms with van der Waals surface area (Å²) in [6, 6.07) is 6.42. The number of aromatic nitrogens is 1. The van der Waals surface area contributed by atoms with Gasteiger partial charge in [0, 0.05) is 25.2 Å². The summed E-state index contributed by atoms with van der Waals surface area (Å²) >= 11 is 1.37. The molecule has 1 N–H and O–H groups in total. The van der Waals surface area contributed by atoms with Crippen LogP contribution >= 0.6 is 11.8 Å². The number of ether oxygens (including phenoxy) is 1. The number of carbonyl (C=O) groups is 3. The molecule has 2 aromatic rings. The Balaban J connectivity index is 1.26. The van der Waals surface area contributed by atoms with Gasteiger partial charge in [-0.05, 0) is 57.4 Å². The lowest BCUT2D eigenvalue weighted by Crippen LogP contribution is -2.33. The number of amidine groups is 1. The molecule has 4 rings (SSSR count). The quantitative estimate of drug-likeness (QED) is 0.639. The lowest BCUT2D eigenvalue weighted by molar-refractivity contribution is -0.121. The van der Waals surface area contributed by atoms with Gasteiger partial charge in [0.2, 0.25) is 5.91 Å². The molecule has 0 unspecified atom stereocenters. The minimum atomic E-state index is -0.500. The van der Waals surface area contributed by atoms with Crippen LogP contribution < -0.4 is 5.32 Å². The number of aryl methyl sites for hydroxylation is 2. The lowest BCUT2D eigenvalue weighted by Gasteiger charge is -2.27. The van der Waals surface area contributed by atoms with Gasteiger partial charge in [0.15, 0.2) is 5.17 Å². The van der Waals surface area contributed by atoms with Gasteiger partial charge in [-0.2, -0.15) is 4.99 Å². The number of piperidine rings is 1. The third-order valence-electron chi connectivity index (χ3n) is 5.66. The van der Waals surface area contributed by atoms with Crippen molar-refractivity contribution in [3.8, 4) is 0 Å². The number of rotatable bonds is 6. The number of likely N-dealkylation sites (tertiary alicyclic amines) is 1. The van der Waals surface area contributed by atoms with Gasteiger partial charge in [0.25, 0.3) is 5.91 Å². The van der Waals surface area contributed by atoms with Crippen molar-refractivity contribution in [1.29, 1.82) is 0 Å². The van der Waals surface area contributed by atoms with E-state index >= 15 is 0 Å². The zero-order valence-electron chi connectivity index (χ0n) is 18.6. The highest BCUT2D eigenvalue weighted by Crippen LogP contribution is 2.29. The van der Waals surface area contributed by atoms with Crippen molar-refractivity contribution in [2.45, 2.75) is 51.4 Å². The van der Waals surface area contributed by atoms with E-state index in [0.717, 1.165) is 36.7 Å². The Labute approximate surface area is 195 Å². The number of hydrogen-bond acceptors (Lipinski definition) is 8. The van der Waals surface area contributed by atoms with Gasteiger partial charge in [-0.25, -0.2) is 4.79 Å². The molecule has 3 heterocycles. The molecule has 0 radical (unpaired) electrons. The summed E-state index contributed by atoms with van der Waals surface area (Å²) < 4.78 is 10.4. The maximum atomic E-state index is 12.5. The maximum absolute atomic E-state index is 12.5. The summed E-state index contributed by atoms with van der Waals surface area (Å²) in [5.74, 6) is -0.397. The first-order valence-corrected chi connectivity index (χ1v) is 11.8. The van der Waals surface area contributed by atoms with E-state index in [2.05, 4.69) is 20.4 Å². The molecule has 1 fully saturated rings. The van der Waals surface area contributed by atoms with Crippen LogP contribution in [-0.4, -0.2) is 51.3 Å². The van der Waals surface area contributed by atoms with Crippen LogP contribution in [0.2, 0.25) is 0 Å². The predicted molar refractivity (Wildman–Crippen MR) is 124 cm³/mol. The van der Waals surface area contributed by atoms with E-state index in [1.54, 1.807) is 38.1 Å². The second-order valence-corrected chi connectivity index (χ2v) is 9.27. The Hall–Kier alpha value is -3.14. The van der Waals surface area contributed by atoms with Gasteiger partial charge in [0.05, 0.1) is 16.8 Å². The highest BCUT2D eigenvalue weighted by Gasteiger charge is 2.33. The number of amides is 2. The number of carbonyl (C=O) groups excluding carboxylic acids is 3. The second-order valence-electron chi connectivity index (χ2n) is 8.10. The van der Waals surface area contributed by atoms with Crippen molar-refractivity contribution < 1.29 is 23.6 Å². The van der Waals surface area contributed by atoms with Gasteiger partial charge < -0.3 is 19.5 Å². The molecule has 2 aliphatic heterocycles. The van der Waals surface area contributed by atoms with Crippen LogP contribution in [0, 0.1) is 13.8 Å². The Kier molecular flexibility index (Phi) is 7.12. The number of benzene rings is 1. The van der Waals surface area contributed by atoms with Gasteiger partial charge in [-0.15, -0.1) is 0 Å². The molecule has 0 bridgehead atoms. The van der Waals surface area contributed by atoms with Crippen LogP contribution in [0.4, 0.5) is 5.69 Å². The van der Waals surface area contributed by atoms with E-state index in [1.807, 2.05) is 0 Å². The Morgan fingerprint density at radius 3 is 2.58 bits per heavy atom. The third kappa shape index (κ3) is 5.62. The Morgan fingerprint density at radius 1 is 1.18 bits per heavy atom. The summed E-state index contributed by atoms with van der Waals surface area (Å²) in [5.41, 5.74) is 2.33. The number of esters is 1. The summed E-state index contributed by atoms with van der Waals surface area (Å²) in [4.78, 5) is 43.3. The van der Waals surface area contributed by atoms with Crippen molar-refractivity contribution in [2.75, 3.05) is 18.4 Å². The predicted octanol–water partition coefficient (Wildman–Crippen LogP) is 3.46. The van der Waals surface area contributed by atoms with Crippen LogP contribution in [0.25, 0.3) is 0 Å². The van der Waals surface area contributed by atoms with Crippen molar-refractivity contribution in [3.05, 3.63) is 46.8 Å². The highest BCUT2D eigenvalue weighted by molar-refractivity contribution is 8.15. The standard InChI is InChI=1S/C23H26N4O5S/c1-14-18(15(2)32-26-14)13-31-22(30)16-6-8-17(9-7-16)24-20(28)12-19-21(29)25-23(33-19)27-10-4-3-5-11-27/h6-9,19H,3-5,10-13H2,1-2H3,(H,24,28)/t19-/m1/s1. The topological polar surface area (TPSA) is 114 Å². The van der Waals surface area contributed by atoms with Gasteiger partial charge in [-0.3, -0.25) is 9.59 Å². The smallest absolute Gasteiger partial charge is 0.338 e. The number of nitrogens with one attached hydrogen (secondary N) is 1. The Bertz CT molecular complexity index is 1050. The van der Waals surface area contributed by atoms with Crippen molar-refractivity contribution >= 4 is 40.4 Å². The van der Waals surface area contributed by atoms with E-state index in [-0.39, 0.29) is 24.8 Å². The minimum Gasteiger partial charge on any atom is -0.457 e. The normalized spacial score (nSPS) is 18.2. The molecule has 1 aromatic carbocycles.